The number of thioether (sulfide) groups is 1. The van der Waals surface area contributed by atoms with Gasteiger partial charge < -0.3 is 9.64 Å². The minimum Gasteiger partial charge on any atom is -0.483 e. The molecule has 3 aromatic rings. The van der Waals surface area contributed by atoms with Crippen molar-refractivity contribution in [2.24, 2.45) is 0 Å². The molecule has 2 heterocycles. The number of aromatic nitrogens is 3. The van der Waals surface area contributed by atoms with Gasteiger partial charge in [0.05, 0.1) is 17.3 Å². The molecular formula is C23H25FN4O4S2. The van der Waals surface area contributed by atoms with E-state index in [1.807, 2.05) is 37.3 Å². The van der Waals surface area contributed by atoms with E-state index in [9.17, 15) is 17.6 Å². The van der Waals surface area contributed by atoms with Crippen molar-refractivity contribution in [1.29, 1.82) is 0 Å². The molecule has 1 saturated heterocycles. The molecule has 8 nitrogen and oxygen atoms in total. The molecule has 180 valence electrons. The average molecular weight is 505 g/mol. The first kappa shape index (κ1) is 24.2. The van der Waals surface area contributed by atoms with Gasteiger partial charge in [0.2, 0.25) is 5.91 Å². The third-order valence-corrected chi connectivity index (χ3v) is 8.21. The van der Waals surface area contributed by atoms with Crippen LogP contribution in [0.15, 0.2) is 59.8 Å². The van der Waals surface area contributed by atoms with Gasteiger partial charge >= 0.3 is 0 Å². The monoisotopic (exact) mass is 504 g/mol. The summed E-state index contributed by atoms with van der Waals surface area (Å²) >= 11 is 1.22. The van der Waals surface area contributed by atoms with E-state index in [0.29, 0.717) is 23.9 Å². The number of hydrogen-bond donors (Lipinski definition) is 0. The molecule has 1 aromatic heterocycles. The lowest BCUT2D eigenvalue weighted by Crippen LogP contribution is -2.42. The number of hydrogen-bond acceptors (Lipinski definition) is 7. The number of amides is 1. The van der Waals surface area contributed by atoms with Crippen LogP contribution in [-0.2, 0) is 21.2 Å². The Morgan fingerprint density at radius 2 is 1.91 bits per heavy atom. The SMILES string of the molecule is CCN(C(=O)CSc1nnc(COc2ccccc2F)n1-c1ccccc1)[C@H]1CCS(=O)(=O)C1. The zero-order valence-corrected chi connectivity index (χ0v) is 20.3. The van der Waals surface area contributed by atoms with Crippen molar-refractivity contribution in [3.05, 3.63) is 66.2 Å². The Morgan fingerprint density at radius 3 is 2.59 bits per heavy atom. The van der Waals surface area contributed by atoms with E-state index >= 15 is 0 Å². The van der Waals surface area contributed by atoms with Crippen molar-refractivity contribution in [3.8, 4) is 11.4 Å². The number of ether oxygens (including phenoxy) is 1. The first-order valence-corrected chi connectivity index (χ1v) is 13.7. The van der Waals surface area contributed by atoms with Crippen molar-refractivity contribution in [2.75, 3.05) is 23.8 Å². The van der Waals surface area contributed by atoms with Gasteiger partial charge in [-0.3, -0.25) is 9.36 Å². The lowest BCUT2D eigenvalue weighted by atomic mass is 10.2. The third-order valence-electron chi connectivity index (χ3n) is 5.54. The minimum atomic E-state index is -3.09. The van der Waals surface area contributed by atoms with Gasteiger partial charge in [0.1, 0.15) is 6.61 Å². The number of carbonyl (C=O) groups excluding carboxylic acids is 1. The van der Waals surface area contributed by atoms with Crippen molar-refractivity contribution < 1.29 is 22.3 Å². The van der Waals surface area contributed by atoms with Crippen LogP contribution >= 0.6 is 11.8 Å². The van der Waals surface area contributed by atoms with Gasteiger partial charge in [-0.2, -0.15) is 0 Å². The van der Waals surface area contributed by atoms with Gasteiger partial charge in [0.15, 0.2) is 32.4 Å². The second-order valence-electron chi connectivity index (χ2n) is 7.81. The van der Waals surface area contributed by atoms with Gasteiger partial charge in [0.25, 0.3) is 0 Å². The number of carbonyl (C=O) groups is 1. The number of benzene rings is 2. The molecule has 1 amide bonds. The number of rotatable bonds is 9. The molecule has 1 aliphatic heterocycles. The van der Waals surface area contributed by atoms with Crippen LogP contribution in [0.25, 0.3) is 5.69 Å². The predicted octanol–water partition coefficient (Wildman–Crippen LogP) is 3.11. The molecule has 0 spiro atoms. The standard InChI is InChI=1S/C23H25FN4O4S2/c1-2-27(18-12-13-34(30,31)16-18)22(29)15-33-23-26-25-21(28(23)17-8-4-3-5-9-17)14-32-20-11-7-6-10-19(20)24/h3-11,18H,2,12-16H2,1H3/t18-/m0/s1. The quantitative estimate of drug-likeness (QED) is 0.413. The maximum Gasteiger partial charge on any atom is 0.233 e. The highest BCUT2D eigenvalue weighted by atomic mass is 32.2. The molecule has 0 unspecified atom stereocenters. The Hall–Kier alpha value is -2.92. The summed E-state index contributed by atoms with van der Waals surface area (Å²) in [5.74, 6) is 0.155. The Kier molecular flexibility index (Phi) is 7.52. The second-order valence-corrected chi connectivity index (χ2v) is 11.0. The van der Waals surface area contributed by atoms with Gasteiger partial charge in [-0.1, -0.05) is 42.1 Å². The maximum atomic E-state index is 14.0. The van der Waals surface area contributed by atoms with E-state index in [0.717, 1.165) is 5.69 Å². The van der Waals surface area contributed by atoms with E-state index in [1.165, 1.54) is 23.9 Å². The van der Waals surface area contributed by atoms with E-state index in [-0.39, 0.29) is 41.6 Å². The van der Waals surface area contributed by atoms with Crippen molar-refractivity contribution in [3.63, 3.8) is 0 Å². The molecule has 0 bridgehead atoms. The highest BCUT2D eigenvalue weighted by molar-refractivity contribution is 7.99. The Morgan fingerprint density at radius 1 is 1.18 bits per heavy atom. The Balaban J connectivity index is 1.51. The van der Waals surface area contributed by atoms with Gasteiger partial charge in [-0.25, -0.2) is 12.8 Å². The summed E-state index contributed by atoms with van der Waals surface area (Å²) < 4.78 is 45.1. The van der Waals surface area contributed by atoms with Crippen molar-refractivity contribution in [1.82, 2.24) is 19.7 Å². The van der Waals surface area contributed by atoms with Crippen LogP contribution in [0.4, 0.5) is 4.39 Å². The van der Waals surface area contributed by atoms with Gasteiger partial charge in [0, 0.05) is 18.3 Å². The normalized spacial score (nSPS) is 16.9. The molecule has 1 atom stereocenters. The molecule has 0 saturated carbocycles. The summed E-state index contributed by atoms with van der Waals surface area (Å²) in [5.41, 5.74) is 0.781. The van der Waals surface area contributed by atoms with Gasteiger partial charge in [-0.15, -0.1) is 10.2 Å². The van der Waals surface area contributed by atoms with Crippen LogP contribution in [0, 0.1) is 5.82 Å². The predicted molar refractivity (Wildman–Crippen MR) is 127 cm³/mol. The summed E-state index contributed by atoms with van der Waals surface area (Å²) in [4.78, 5) is 14.6. The topological polar surface area (TPSA) is 94.4 Å². The molecule has 1 fully saturated rings. The smallest absolute Gasteiger partial charge is 0.233 e. The highest BCUT2D eigenvalue weighted by Gasteiger charge is 2.34. The van der Waals surface area contributed by atoms with Crippen LogP contribution in [0.5, 0.6) is 5.75 Å². The van der Waals surface area contributed by atoms with Crippen molar-refractivity contribution >= 4 is 27.5 Å². The minimum absolute atomic E-state index is 0.00891. The summed E-state index contributed by atoms with van der Waals surface area (Å²) in [7, 11) is -3.09. The summed E-state index contributed by atoms with van der Waals surface area (Å²) in [6.45, 7) is 2.27. The molecule has 0 radical (unpaired) electrons. The molecule has 2 aromatic carbocycles. The van der Waals surface area contributed by atoms with Crippen LogP contribution in [-0.4, -0.2) is 63.8 Å². The molecule has 1 aliphatic rings. The van der Waals surface area contributed by atoms with Crippen molar-refractivity contribution in [2.45, 2.75) is 31.1 Å². The van der Waals surface area contributed by atoms with Crippen LogP contribution in [0.1, 0.15) is 19.2 Å². The fourth-order valence-electron chi connectivity index (χ4n) is 3.90. The summed E-state index contributed by atoms with van der Waals surface area (Å²) in [6, 6.07) is 15.2. The Bertz CT molecular complexity index is 1250. The zero-order valence-electron chi connectivity index (χ0n) is 18.6. The highest BCUT2D eigenvalue weighted by Crippen LogP contribution is 2.25. The van der Waals surface area contributed by atoms with E-state index in [2.05, 4.69) is 10.2 Å². The fraction of sp³-hybridized carbons (Fsp3) is 0.348. The molecular weight excluding hydrogens is 479 g/mol. The molecule has 34 heavy (non-hydrogen) atoms. The van der Waals surface area contributed by atoms with Crippen LogP contribution in [0.2, 0.25) is 0 Å². The van der Waals surface area contributed by atoms with Crippen LogP contribution < -0.4 is 4.74 Å². The lowest BCUT2D eigenvalue weighted by Gasteiger charge is -2.26. The van der Waals surface area contributed by atoms with E-state index < -0.39 is 15.7 Å². The maximum absolute atomic E-state index is 14.0. The number of sulfone groups is 1. The molecule has 0 aliphatic carbocycles. The number of para-hydroxylation sites is 2. The molecule has 0 N–H and O–H groups in total. The number of nitrogens with zero attached hydrogens (tertiary/aromatic N) is 4. The Labute approximate surface area is 202 Å². The summed E-state index contributed by atoms with van der Waals surface area (Å²) in [5, 5.41) is 8.95. The van der Waals surface area contributed by atoms with E-state index in [4.69, 9.17) is 4.74 Å². The summed E-state index contributed by atoms with van der Waals surface area (Å²) in [6.07, 6.45) is 0.463. The second kappa shape index (κ2) is 10.6. The molecule has 11 heteroatoms. The average Bonchev–Trinajstić information content (AvgIpc) is 3.40. The van der Waals surface area contributed by atoms with Crippen LogP contribution in [0.3, 0.4) is 0 Å². The fourth-order valence-corrected chi connectivity index (χ4v) is 6.48. The first-order chi connectivity index (χ1) is 16.4. The van der Waals surface area contributed by atoms with Gasteiger partial charge in [-0.05, 0) is 37.6 Å². The zero-order chi connectivity index (χ0) is 24.1. The lowest BCUT2D eigenvalue weighted by molar-refractivity contribution is -0.129. The number of halogens is 1. The first-order valence-electron chi connectivity index (χ1n) is 10.9. The largest absolute Gasteiger partial charge is 0.483 e. The van der Waals surface area contributed by atoms with E-state index in [1.54, 1.807) is 21.6 Å². The molecule has 4 rings (SSSR count). The third kappa shape index (κ3) is 5.58.